The highest BCUT2D eigenvalue weighted by Crippen LogP contribution is 2.07. The standard InChI is InChI=1S/C10H14N4/c1-3-5-11-10-12-9-7-8(2)4-6-14(9)13-10/h4,6-7H,3,5H2,1-2H3,(H,11,13). The van der Waals surface area contributed by atoms with Gasteiger partial charge in [0.2, 0.25) is 5.95 Å². The van der Waals surface area contributed by atoms with Gasteiger partial charge in [0.05, 0.1) is 0 Å². The second-order valence-corrected chi connectivity index (χ2v) is 3.37. The van der Waals surface area contributed by atoms with Gasteiger partial charge in [-0.1, -0.05) is 6.92 Å². The van der Waals surface area contributed by atoms with Gasteiger partial charge in [0.1, 0.15) is 0 Å². The molecule has 14 heavy (non-hydrogen) atoms. The summed E-state index contributed by atoms with van der Waals surface area (Å²) in [6.45, 7) is 5.08. The van der Waals surface area contributed by atoms with E-state index in [2.05, 4.69) is 22.3 Å². The Morgan fingerprint density at radius 3 is 3.14 bits per heavy atom. The molecule has 2 aromatic heterocycles. The number of nitrogens with zero attached hydrogens (tertiary/aromatic N) is 3. The van der Waals surface area contributed by atoms with Gasteiger partial charge in [0.15, 0.2) is 5.65 Å². The second kappa shape index (κ2) is 3.65. The molecule has 0 aliphatic heterocycles. The first-order valence-corrected chi connectivity index (χ1v) is 4.86. The predicted molar refractivity (Wildman–Crippen MR) is 56.5 cm³/mol. The largest absolute Gasteiger partial charge is 0.353 e. The van der Waals surface area contributed by atoms with Gasteiger partial charge < -0.3 is 5.32 Å². The van der Waals surface area contributed by atoms with Crippen molar-refractivity contribution >= 4 is 11.6 Å². The minimum absolute atomic E-state index is 0.706. The van der Waals surface area contributed by atoms with Crippen molar-refractivity contribution < 1.29 is 0 Å². The number of hydrogen-bond acceptors (Lipinski definition) is 3. The number of aromatic nitrogens is 3. The van der Waals surface area contributed by atoms with Crippen molar-refractivity contribution in [3.63, 3.8) is 0 Å². The molecular weight excluding hydrogens is 176 g/mol. The second-order valence-electron chi connectivity index (χ2n) is 3.37. The summed E-state index contributed by atoms with van der Waals surface area (Å²) in [7, 11) is 0. The molecule has 0 aliphatic carbocycles. The average Bonchev–Trinajstić information content (AvgIpc) is 2.56. The minimum atomic E-state index is 0.706. The fourth-order valence-corrected chi connectivity index (χ4v) is 1.30. The molecule has 0 spiro atoms. The number of rotatable bonds is 3. The van der Waals surface area contributed by atoms with Crippen LogP contribution in [0.4, 0.5) is 5.95 Å². The Hall–Kier alpha value is -1.58. The van der Waals surface area contributed by atoms with Crippen LogP contribution in [0.3, 0.4) is 0 Å². The maximum atomic E-state index is 4.35. The number of pyridine rings is 1. The number of hydrogen-bond donors (Lipinski definition) is 1. The van der Waals surface area contributed by atoms with E-state index in [0.29, 0.717) is 5.95 Å². The summed E-state index contributed by atoms with van der Waals surface area (Å²) >= 11 is 0. The third kappa shape index (κ3) is 1.69. The lowest BCUT2D eigenvalue weighted by atomic mass is 10.3. The molecule has 2 heterocycles. The molecule has 0 saturated carbocycles. The van der Waals surface area contributed by atoms with Crippen LogP contribution < -0.4 is 5.32 Å². The van der Waals surface area contributed by atoms with Crippen LogP contribution in [-0.4, -0.2) is 21.1 Å². The molecule has 0 aliphatic rings. The molecule has 0 bridgehead atoms. The number of nitrogens with one attached hydrogen (secondary N) is 1. The van der Waals surface area contributed by atoms with Crippen LogP contribution in [0, 0.1) is 6.92 Å². The molecule has 0 atom stereocenters. The third-order valence-electron chi connectivity index (χ3n) is 2.03. The van der Waals surface area contributed by atoms with Crippen LogP contribution in [0.15, 0.2) is 18.3 Å². The summed E-state index contributed by atoms with van der Waals surface area (Å²) in [6.07, 6.45) is 3.00. The van der Waals surface area contributed by atoms with Crippen molar-refractivity contribution in [3.8, 4) is 0 Å². The molecule has 0 amide bonds. The molecule has 74 valence electrons. The molecule has 0 fully saturated rings. The van der Waals surface area contributed by atoms with Crippen molar-refractivity contribution in [2.75, 3.05) is 11.9 Å². The summed E-state index contributed by atoms with van der Waals surface area (Å²) in [5, 5.41) is 7.45. The molecule has 1 N–H and O–H groups in total. The van der Waals surface area contributed by atoms with Crippen molar-refractivity contribution in [1.29, 1.82) is 0 Å². The van der Waals surface area contributed by atoms with Crippen molar-refractivity contribution in [1.82, 2.24) is 14.6 Å². The Balaban J connectivity index is 2.32. The molecule has 0 aromatic carbocycles. The van der Waals surface area contributed by atoms with E-state index in [0.717, 1.165) is 18.6 Å². The van der Waals surface area contributed by atoms with E-state index in [1.54, 1.807) is 4.52 Å². The lowest BCUT2D eigenvalue weighted by Crippen LogP contribution is -2.01. The van der Waals surface area contributed by atoms with Crippen LogP contribution in [0.5, 0.6) is 0 Å². The smallest absolute Gasteiger partial charge is 0.243 e. The van der Waals surface area contributed by atoms with Gasteiger partial charge in [-0.3, -0.25) is 0 Å². The van der Waals surface area contributed by atoms with E-state index >= 15 is 0 Å². The number of fused-ring (bicyclic) bond motifs is 1. The highest BCUT2D eigenvalue weighted by atomic mass is 15.3. The topological polar surface area (TPSA) is 42.2 Å². The van der Waals surface area contributed by atoms with Gasteiger partial charge in [-0.2, -0.15) is 4.98 Å². The van der Waals surface area contributed by atoms with Gasteiger partial charge in [-0.25, -0.2) is 4.52 Å². The fourth-order valence-electron chi connectivity index (χ4n) is 1.30. The lowest BCUT2D eigenvalue weighted by Gasteiger charge is -1.94. The number of anilines is 1. The van der Waals surface area contributed by atoms with E-state index in [4.69, 9.17) is 0 Å². The van der Waals surface area contributed by atoms with Gasteiger partial charge in [0.25, 0.3) is 0 Å². The first-order chi connectivity index (χ1) is 6.79. The Labute approximate surface area is 83.0 Å². The van der Waals surface area contributed by atoms with E-state index < -0.39 is 0 Å². The maximum absolute atomic E-state index is 4.35. The van der Waals surface area contributed by atoms with Gasteiger partial charge >= 0.3 is 0 Å². The monoisotopic (exact) mass is 190 g/mol. The third-order valence-corrected chi connectivity index (χ3v) is 2.03. The zero-order valence-electron chi connectivity index (χ0n) is 8.49. The molecular formula is C10H14N4. The van der Waals surface area contributed by atoms with Crippen LogP contribution in [0.1, 0.15) is 18.9 Å². The normalized spacial score (nSPS) is 10.7. The molecule has 0 saturated heterocycles. The Morgan fingerprint density at radius 1 is 1.50 bits per heavy atom. The van der Waals surface area contributed by atoms with Crippen molar-refractivity contribution in [2.24, 2.45) is 0 Å². The van der Waals surface area contributed by atoms with E-state index in [1.165, 1.54) is 5.56 Å². The predicted octanol–water partition coefficient (Wildman–Crippen LogP) is 1.86. The Kier molecular flexibility index (Phi) is 2.35. The highest BCUT2D eigenvalue weighted by Gasteiger charge is 2.01. The van der Waals surface area contributed by atoms with Crippen LogP contribution in [0.25, 0.3) is 5.65 Å². The maximum Gasteiger partial charge on any atom is 0.243 e. The molecule has 4 nitrogen and oxygen atoms in total. The zero-order chi connectivity index (χ0) is 9.97. The molecule has 0 unspecified atom stereocenters. The van der Waals surface area contributed by atoms with Gasteiger partial charge in [-0.05, 0) is 31.0 Å². The number of aryl methyl sites for hydroxylation is 1. The Morgan fingerprint density at radius 2 is 2.36 bits per heavy atom. The van der Waals surface area contributed by atoms with Gasteiger partial charge in [0, 0.05) is 12.7 Å². The lowest BCUT2D eigenvalue weighted by molar-refractivity contribution is 0.923. The average molecular weight is 190 g/mol. The summed E-state index contributed by atoms with van der Waals surface area (Å²) in [5.74, 6) is 0.706. The van der Waals surface area contributed by atoms with Crippen LogP contribution in [0.2, 0.25) is 0 Å². The van der Waals surface area contributed by atoms with E-state index in [1.807, 2.05) is 25.3 Å². The first kappa shape index (κ1) is 8.99. The van der Waals surface area contributed by atoms with Crippen molar-refractivity contribution in [2.45, 2.75) is 20.3 Å². The van der Waals surface area contributed by atoms with Crippen LogP contribution >= 0.6 is 0 Å². The molecule has 0 radical (unpaired) electrons. The van der Waals surface area contributed by atoms with Gasteiger partial charge in [-0.15, -0.1) is 5.10 Å². The first-order valence-electron chi connectivity index (χ1n) is 4.86. The van der Waals surface area contributed by atoms with E-state index in [9.17, 15) is 0 Å². The summed E-state index contributed by atoms with van der Waals surface area (Å²) in [5.41, 5.74) is 2.09. The highest BCUT2D eigenvalue weighted by molar-refractivity contribution is 5.45. The summed E-state index contributed by atoms with van der Waals surface area (Å²) < 4.78 is 1.78. The fraction of sp³-hybridized carbons (Fsp3) is 0.400. The molecule has 2 aromatic rings. The van der Waals surface area contributed by atoms with E-state index in [-0.39, 0.29) is 0 Å². The van der Waals surface area contributed by atoms with Crippen molar-refractivity contribution in [3.05, 3.63) is 23.9 Å². The minimum Gasteiger partial charge on any atom is -0.353 e. The molecule has 4 heteroatoms. The summed E-state index contributed by atoms with van der Waals surface area (Å²) in [4.78, 5) is 4.35. The zero-order valence-corrected chi connectivity index (χ0v) is 8.49. The molecule has 2 rings (SSSR count). The summed E-state index contributed by atoms with van der Waals surface area (Å²) in [6, 6.07) is 4.04. The van der Waals surface area contributed by atoms with Crippen LogP contribution in [-0.2, 0) is 0 Å². The Bertz CT molecular complexity index is 433. The SMILES string of the molecule is CCCNc1nc2cc(C)ccn2n1. The quantitative estimate of drug-likeness (QED) is 0.803.